The maximum atomic E-state index is 6.60. The van der Waals surface area contributed by atoms with Crippen LogP contribution >= 0.6 is 7.92 Å². The largest absolute Gasteiger partial charge is 0.354 e. The first kappa shape index (κ1) is 42.1. The van der Waals surface area contributed by atoms with E-state index in [4.69, 9.17) is 19.4 Å². The van der Waals surface area contributed by atoms with Crippen molar-refractivity contribution in [1.29, 1.82) is 0 Å². The Morgan fingerprint density at radius 2 is 0.630 bits per heavy atom. The molecule has 73 heavy (non-hydrogen) atoms. The Labute approximate surface area is 423 Å². The summed E-state index contributed by atoms with van der Waals surface area (Å²) in [5, 5.41) is 25.9. The molecule has 0 atom stereocenters. The van der Waals surface area contributed by atoms with Crippen LogP contribution in [0.5, 0.6) is 0 Å². The minimum Gasteiger partial charge on any atom is -0.354 e. The number of benzene rings is 9. The van der Waals surface area contributed by atoms with Gasteiger partial charge in [-0.05, 0) is 79.2 Å². The van der Waals surface area contributed by atoms with Crippen LogP contribution in [0, 0.1) is 0 Å². The number of rotatable bonds is 11. The highest BCUT2D eigenvalue weighted by atomic mass is 31.1. The van der Waals surface area contributed by atoms with Gasteiger partial charge in [0, 0.05) is 33.5 Å². The highest BCUT2D eigenvalue weighted by Crippen LogP contribution is 2.40. The zero-order chi connectivity index (χ0) is 48.1. The van der Waals surface area contributed by atoms with E-state index in [9.17, 15) is 0 Å². The third-order valence-electron chi connectivity index (χ3n) is 15.4. The molecule has 15 aromatic rings. The lowest BCUT2D eigenvalue weighted by Gasteiger charge is -2.33. The molecule has 9 aromatic carbocycles. The summed E-state index contributed by atoms with van der Waals surface area (Å²) in [5.41, 5.74) is 7.75. The maximum Gasteiger partial charge on any atom is 0.186 e. The van der Waals surface area contributed by atoms with Crippen molar-refractivity contribution >= 4 is 137 Å². The summed E-state index contributed by atoms with van der Waals surface area (Å²) in [6.07, 6.45) is 4.71. The molecule has 0 saturated carbocycles. The Morgan fingerprint density at radius 3 is 0.945 bits per heavy atom. The van der Waals surface area contributed by atoms with Gasteiger partial charge < -0.3 is 17.8 Å². The van der Waals surface area contributed by atoms with Gasteiger partial charge in [0.05, 0.1) is 11.0 Å². The Balaban J connectivity index is 0.898. The van der Waals surface area contributed by atoms with Crippen molar-refractivity contribution in [2.75, 3.05) is 0 Å². The van der Waals surface area contributed by atoms with E-state index in [0.717, 1.165) is 55.0 Å². The van der Waals surface area contributed by atoms with Crippen LogP contribution < -0.4 is 57.4 Å². The molecule has 9 heteroatoms. The van der Waals surface area contributed by atoms with E-state index in [1.54, 1.807) is 0 Å². The van der Waals surface area contributed by atoms with Gasteiger partial charge in [-0.1, -0.05) is 235 Å². The lowest BCUT2D eigenvalue weighted by molar-refractivity contribution is 0.467. The van der Waals surface area contributed by atoms with Gasteiger partial charge in [-0.25, -0.2) is 0 Å². The Kier molecular flexibility index (Phi) is 9.48. The van der Waals surface area contributed by atoms with Crippen molar-refractivity contribution in [3.63, 3.8) is 0 Å². The van der Waals surface area contributed by atoms with Gasteiger partial charge in [0.25, 0.3) is 0 Å². The van der Waals surface area contributed by atoms with Crippen molar-refractivity contribution < 1.29 is 9.05 Å². The van der Waals surface area contributed by atoms with Crippen molar-refractivity contribution in [3.05, 3.63) is 261 Å². The van der Waals surface area contributed by atoms with E-state index >= 15 is 0 Å². The van der Waals surface area contributed by atoms with Crippen molar-refractivity contribution in [1.82, 2.24) is 19.1 Å². The highest BCUT2D eigenvalue weighted by molar-refractivity contribution is 7.79. The lowest BCUT2D eigenvalue weighted by Crippen LogP contribution is -2.74. The second-order valence-corrected chi connectivity index (χ2v) is 28.8. The van der Waals surface area contributed by atoms with E-state index in [1.165, 1.54) is 57.4 Å². The molecule has 0 radical (unpaired) electrons. The third kappa shape index (κ3) is 6.00. The molecule has 0 aliphatic rings. The van der Waals surface area contributed by atoms with E-state index in [0.29, 0.717) is 0 Å². The smallest absolute Gasteiger partial charge is 0.186 e. The summed E-state index contributed by atoms with van der Waals surface area (Å²) < 4.78 is 17.9. The van der Waals surface area contributed by atoms with Crippen LogP contribution in [0.3, 0.4) is 0 Å². The van der Waals surface area contributed by atoms with Crippen LogP contribution in [-0.4, -0.2) is 35.3 Å². The van der Waals surface area contributed by atoms with Crippen LogP contribution in [0.4, 0.5) is 0 Å². The zero-order valence-electron chi connectivity index (χ0n) is 39.4. The molecule has 0 N–H and O–H groups in total. The second kappa shape index (κ2) is 16.4. The maximum absolute atomic E-state index is 6.60. The molecule has 0 fully saturated rings. The normalized spacial score (nSPS) is 12.5. The Hall–Kier alpha value is -8.66. The summed E-state index contributed by atoms with van der Waals surface area (Å²) in [4.78, 5) is 0. The van der Waals surface area contributed by atoms with E-state index in [2.05, 4.69) is 270 Å². The number of nitrogens with zero attached hydrogens (tertiary/aromatic N) is 4. The molecular weight excluding hydrogens is 944 g/mol. The van der Waals surface area contributed by atoms with Crippen molar-refractivity contribution in [2.24, 2.45) is 0 Å². The average molecular weight is 987 g/mol. The first-order chi connectivity index (χ1) is 36.2. The molecule has 6 nitrogen and oxygen atoms in total. The van der Waals surface area contributed by atoms with E-state index in [1.807, 2.05) is 0 Å². The van der Waals surface area contributed by atoms with Crippen LogP contribution in [-0.2, 0) is 0 Å². The number of hydrogen-bond acceptors (Lipinski definition) is 4. The summed E-state index contributed by atoms with van der Waals surface area (Å²) in [6.45, 7) is 0. The molecule has 344 valence electrons. The molecule has 6 heterocycles. The fraction of sp³-hybridized carbons (Fsp3) is 0. The quantitative estimate of drug-likeness (QED) is 0.0747. The minimum atomic E-state index is -2.90. The second-order valence-electron chi connectivity index (χ2n) is 19.0. The molecule has 0 amide bonds. The standard InChI is InChI=1S/C64H43N4O2PSi2/c1-8-22-44(23-9-1)71(45-36-38-55-53(40-45)59-61-63(69-65-59)57(42-67(55)61)72(47-24-10-2-11-25-47,48-26-12-3-13-27-48)49-28-14-4-15-29-49)46-37-39-56-54(41-46)60-62-64(70-66-60)58(43-68(56)62)73(50-30-16-5-17-31-50,51-32-18-6-19-33-51)52-34-20-7-21-35-52/h1-43H. The molecule has 15 rings (SSSR count). The lowest BCUT2D eigenvalue weighted by atomic mass is 10.2. The van der Waals surface area contributed by atoms with Crippen molar-refractivity contribution in [3.8, 4) is 0 Å². The molecule has 6 aromatic heterocycles. The van der Waals surface area contributed by atoms with E-state index in [-0.39, 0.29) is 0 Å². The SMILES string of the molecule is c1ccc(P(c2ccc3c(c2)c2noc4c([Si](c5ccccc5)(c5ccccc5)c5ccccc5)cn3c42)c2ccc3c(c2)c2noc4c([Si](c5ccccc5)(c5ccccc5)c5ccccc5)cn3c42)cc1. The zero-order valence-corrected chi connectivity index (χ0v) is 42.3. The molecule has 0 aliphatic carbocycles. The third-order valence-corrected chi connectivity index (χ3v) is 27.3. The van der Waals surface area contributed by atoms with Gasteiger partial charge in [0.15, 0.2) is 27.3 Å². The molecule has 0 unspecified atom stereocenters. The first-order valence-electron chi connectivity index (χ1n) is 24.7. The molecule has 0 saturated heterocycles. The van der Waals surface area contributed by atoms with Gasteiger partial charge in [-0.2, -0.15) is 0 Å². The predicted molar refractivity (Wildman–Crippen MR) is 307 cm³/mol. The molecule has 0 aliphatic heterocycles. The van der Waals surface area contributed by atoms with Gasteiger partial charge in [-0.3, -0.25) is 0 Å². The van der Waals surface area contributed by atoms with Gasteiger partial charge >= 0.3 is 0 Å². The highest BCUT2D eigenvalue weighted by Gasteiger charge is 2.47. The molecule has 0 spiro atoms. The fourth-order valence-corrected chi connectivity index (χ4v) is 24.4. The topological polar surface area (TPSA) is 60.9 Å². The fourth-order valence-electron chi connectivity index (χ4n) is 12.4. The number of fused-ring (bicyclic) bond motifs is 6. The Bertz CT molecular complexity index is 3960. The summed E-state index contributed by atoms with van der Waals surface area (Å²) in [7, 11) is -6.82. The van der Waals surface area contributed by atoms with Crippen LogP contribution in [0.2, 0.25) is 0 Å². The minimum absolute atomic E-state index is 0.849. The number of hydrogen-bond donors (Lipinski definition) is 0. The van der Waals surface area contributed by atoms with Crippen LogP contribution in [0.15, 0.2) is 270 Å². The first-order valence-corrected chi connectivity index (χ1v) is 30.1. The monoisotopic (exact) mass is 986 g/mol. The van der Waals surface area contributed by atoms with Crippen LogP contribution in [0.25, 0.3) is 55.0 Å². The molecule has 0 bridgehead atoms. The summed E-state index contributed by atoms with van der Waals surface area (Å²) in [5.74, 6) is 0. The van der Waals surface area contributed by atoms with E-state index < -0.39 is 24.1 Å². The van der Waals surface area contributed by atoms with Gasteiger partial charge in [0.2, 0.25) is 0 Å². The number of aromatic nitrogens is 4. The van der Waals surface area contributed by atoms with Gasteiger partial charge in [0.1, 0.15) is 22.1 Å². The Morgan fingerprint density at radius 1 is 0.329 bits per heavy atom. The summed E-state index contributed by atoms with van der Waals surface area (Å²) in [6, 6.07) is 91.0. The van der Waals surface area contributed by atoms with Crippen molar-refractivity contribution in [2.45, 2.75) is 0 Å². The van der Waals surface area contributed by atoms with Gasteiger partial charge in [-0.15, -0.1) is 0 Å². The summed E-state index contributed by atoms with van der Waals surface area (Å²) >= 11 is 0. The average Bonchev–Trinajstić information content (AvgIpc) is 4.33. The molecular formula is C64H43N4O2PSi2. The predicted octanol–water partition coefficient (Wildman–Crippen LogP) is 8.17. The van der Waals surface area contributed by atoms with Crippen LogP contribution in [0.1, 0.15) is 0 Å².